The Labute approximate surface area is 805 Å². The fraction of sp³-hybridized carbons (Fsp3) is 0.138. The van der Waals surface area contributed by atoms with Crippen molar-refractivity contribution >= 4 is 86.7 Å². The second-order valence-electron chi connectivity index (χ2n) is 33.8. The highest BCUT2D eigenvalue weighted by Gasteiger charge is 2.32. The zero-order chi connectivity index (χ0) is 97.0. The van der Waals surface area contributed by atoms with E-state index in [1.54, 1.807) is 54.6 Å². The molecule has 20 rings (SSSR count). The van der Waals surface area contributed by atoms with Crippen molar-refractivity contribution in [2.45, 2.75) is 39.2 Å². The van der Waals surface area contributed by atoms with E-state index >= 15 is 0 Å². The molecule has 0 amide bonds. The first kappa shape index (κ1) is 95.4. The van der Waals surface area contributed by atoms with Gasteiger partial charge in [-0.25, -0.2) is 0 Å². The second kappa shape index (κ2) is 44.6. The summed E-state index contributed by atoms with van der Waals surface area (Å²) in [7, 11) is 0. The van der Waals surface area contributed by atoms with Crippen molar-refractivity contribution in [2.24, 2.45) is 28.9 Å². The van der Waals surface area contributed by atoms with Gasteiger partial charge in [0.05, 0.1) is 46.1 Å². The SMILES string of the molecule is CC(C)[C@H](N)COc1ccccc1C=C1c2ccccc2-c2ccc([N+](=O)[O-])cc21.NCCCCOc1ccccc1C=C1c2ccccc2-c2ccc([N+](=O)[O-])cc21.NCCCOc1ccccc1C=C1c2ccccc2-c2ccc([N+](=O)[O-])cc21.NCCOCCOc1ccccc1C=C1c2ccccc2-c2ccc([N+](=O)[O-])cc21.Nc1ccc2c(c1)C(=Cc1ccccc1O)c1ccccc1-2. The van der Waals surface area contributed by atoms with Crippen molar-refractivity contribution in [1.82, 2.24) is 0 Å². The maximum Gasteiger partial charge on any atom is 0.270 e. The summed E-state index contributed by atoms with van der Waals surface area (Å²) in [5.41, 5.74) is 59.9. The number of hydrogen-bond donors (Lipinski definition) is 6. The molecule has 0 spiro atoms. The van der Waals surface area contributed by atoms with Crippen LogP contribution in [-0.4, -0.2) is 90.1 Å². The van der Waals surface area contributed by atoms with Gasteiger partial charge in [0, 0.05) is 94.6 Å². The van der Waals surface area contributed by atoms with Crippen LogP contribution in [0, 0.1) is 46.4 Å². The molecule has 0 aromatic heterocycles. The molecule has 0 aliphatic heterocycles. The number of nitro benzene ring substituents is 4. The number of phenols is 1. The van der Waals surface area contributed by atoms with E-state index in [1.807, 2.05) is 273 Å². The first-order chi connectivity index (χ1) is 67.7. The lowest BCUT2D eigenvalue weighted by Crippen LogP contribution is -2.33. The summed E-state index contributed by atoms with van der Waals surface area (Å²) < 4.78 is 29.2. The molecular formula is C116H103N9O14. The zero-order valence-electron chi connectivity index (χ0n) is 76.7. The fourth-order valence-corrected chi connectivity index (χ4v) is 17.5. The number of phenolic OH excluding ortho intramolecular Hbond substituents is 1. The summed E-state index contributed by atoms with van der Waals surface area (Å²) in [4.78, 5) is 43.9. The molecule has 23 heteroatoms. The lowest BCUT2D eigenvalue weighted by molar-refractivity contribution is -0.385. The van der Waals surface area contributed by atoms with Gasteiger partial charge in [-0.3, -0.25) is 40.5 Å². The van der Waals surface area contributed by atoms with E-state index in [-0.39, 0.29) is 54.2 Å². The van der Waals surface area contributed by atoms with Gasteiger partial charge in [-0.2, -0.15) is 0 Å². The molecule has 15 aromatic carbocycles. The molecule has 11 N–H and O–H groups in total. The van der Waals surface area contributed by atoms with Crippen molar-refractivity contribution < 1.29 is 48.5 Å². The summed E-state index contributed by atoms with van der Waals surface area (Å²) in [6.07, 6.45) is 12.8. The smallest absolute Gasteiger partial charge is 0.270 e. The monoisotopic (exact) mass is 1850 g/mol. The number of non-ortho nitro benzene ring substituents is 4. The number of fused-ring (bicyclic) bond motifs is 15. The normalized spacial score (nSPS) is 13.6. The Morgan fingerprint density at radius 1 is 0.281 bits per heavy atom. The van der Waals surface area contributed by atoms with Crippen LogP contribution in [0.25, 0.3) is 114 Å². The van der Waals surface area contributed by atoms with Gasteiger partial charge >= 0.3 is 0 Å². The molecule has 139 heavy (non-hydrogen) atoms. The number of hydrogen-bond acceptors (Lipinski definition) is 19. The summed E-state index contributed by atoms with van der Waals surface area (Å²) in [5.74, 6) is 3.66. The quantitative estimate of drug-likeness (QED) is 0.0115. The minimum atomic E-state index is -0.362. The van der Waals surface area contributed by atoms with Crippen LogP contribution in [0.5, 0.6) is 28.7 Å². The number of nitrogens with two attached hydrogens (primary N) is 5. The van der Waals surface area contributed by atoms with E-state index in [2.05, 4.69) is 50.3 Å². The first-order valence-electron chi connectivity index (χ1n) is 46.0. The van der Waals surface area contributed by atoms with Gasteiger partial charge in [-0.05, 0) is 275 Å². The van der Waals surface area contributed by atoms with Crippen LogP contribution in [0.4, 0.5) is 28.4 Å². The molecule has 0 saturated heterocycles. The highest BCUT2D eigenvalue weighted by Crippen LogP contribution is 2.53. The molecular weight excluding hydrogens is 1740 g/mol. The fourth-order valence-electron chi connectivity index (χ4n) is 17.5. The van der Waals surface area contributed by atoms with Crippen LogP contribution in [0.2, 0.25) is 0 Å². The lowest BCUT2D eigenvalue weighted by Gasteiger charge is -2.17. The number of rotatable bonds is 28. The molecule has 0 radical (unpaired) electrons. The maximum atomic E-state index is 11.4. The Morgan fingerprint density at radius 2 is 0.547 bits per heavy atom. The van der Waals surface area contributed by atoms with Crippen LogP contribution in [-0.2, 0) is 4.74 Å². The summed E-state index contributed by atoms with van der Waals surface area (Å²) >= 11 is 0. The number of aromatic hydroxyl groups is 1. The van der Waals surface area contributed by atoms with Crippen molar-refractivity contribution in [3.05, 3.63) is 458 Å². The molecule has 0 heterocycles. The average molecular weight is 1850 g/mol. The third-order valence-electron chi connectivity index (χ3n) is 24.5. The van der Waals surface area contributed by atoms with Gasteiger partial charge < -0.3 is 57.5 Å². The molecule has 1 atom stereocenters. The Hall–Kier alpha value is -16.8. The number of para-hydroxylation sites is 5. The van der Waals surface area contributed by atoms with Gasteiger partial charge in [-0.1, -0.05) is 232 Å². The predicted molar refractivity (Wildman–Crippen MR) is 556 cm³/mol. The summed E-state index contributed by atoms with van der Waals surface area (Å²) in [6, 6.07) is 105. The zero-order valence-corrected chi connectivity index (χ0v) is 76.7. The first-order valence-corrected chi connectivity index (χ1v) is 46.0. The van der Waals surface area contributed by atoms with E-state index < -0.39 is 0 Å². The third kappa shape index (κ3) is 21.8. The van der Waals surface area contributed by atoms with Gasteiger partial charge in [0.2, 0.25) is 0 Å². The van der Waals surface area contributed by atoms with E-state index in [9.17, 15) is 45.6 Å². The van der Waals surface area contributed by atoms with Crippen LogP contribution in [0.3, 0.4) is 0 Å². The number of unbranched alkanes of at least 4 members (excludes halogenated alkanes) is 1. The van der Waals surface area contributed by atoms with E-state index in [4.69, 9.17) is 52.4 Å². The van der Waals surface area contributed by atoms with Gasteiger partial charge in [-0.15, -0.1) is 0 Å². The molecule has 23 nitrogen and oxygen atoms in total. The Bertz CT molecular complexity index is 7300. The number of nitrogens with zero attached hydrogens (tertiary/aromatic N) is 4. The Morgan fingerprint density at radius 3 is 0.863 bits per heavy atom. The van der Waals surface area contributed by atoms with E-state index in [1.165, 1.54) is 16.7 Å². The number of nitro groups is 4. The molecule has 15 aromatic rings. The highest BCUT2D eigenvalue weighted by molar-refractivity contribution is 6.12. The lowest BCUT2D eigenvalue weighted by atomic mass is 10.0. The predicted octanol–water partition coefficient (Wildman–Crippen LogP) is 24.8. The van der Waals surface area contributed by atoms with Crippen LogP contribution in [0.1, 0.15) is 117 Å². The highest BCUT2D eigenvalue weighted by atomic mass is 16.6. The second-order valence-corrected chi connectivity index (χ2v) is 33.8. The molecule has 696 valence electrons. The molecule has 0 fully saturated rings. The maximum absolute atomic E-state index is 11.4. The minimum absolute atomic E-state index is 0.0544. The number of benzene rings is 15. The van der Waals surface area contributed by atoms with Crippen molar-refractivity contribution in [3.8, 4) is 84.4 Å². The summed E-state index contributed by atoms with van der Waals surface area (Å²) in [6.45, 7) is 8.81. The van der Waals surface area contributed by atoms with Crippen LogP contribution in [0.15, 0.2) is 334 Å². The molecule has 5 aliphatic carbocycles. The molecule has 0 bridgehead atoms. The minimum Gasteiger partial charge on any atom is -0.507 e. The topological polar surface area (TPSA) is 369 Å². The summed E-state index contributed by atoms with van der Waals surface area (Å²) in [5, 5.41) is 55.4. The van der Waals surface area contributed by atoms with Crippen molar-refractivity contribution in [2.75, 3.05) is 65.0 Å². The molecule has 5 aliphatic rings. The van der Waals surface area contributed by atoms with Crippen molar-refractivity contribution in [3.63, 3.8) is 0 Å². The Balaban J connectivity index is 0.000000126. The van der Waals surface area contributed by atoms with E-state index in [0.29, 0.717) is 65.2 Å². The van der Waals surface area contributed by atoms with Gasteiger partial charge in [0.1, 0.15) is 42.0 Å². The van der Waals surface area contributed by atoms with Gasteiger partial charge in [0.15, 0.2) is 0 Å². The van der Waals surface area contributed by atoms with Crippen LogP contribution < -0.4 is 47.6 Å². The van der Waals surface area contributed by atoms with Crippen LogP contribution >= 0.6 is 0 Å². The number of ether oxygens (including phenoxy) is 5. The number of anilines is 1. The van der Waals surface area contributed by atoms with Crippen molar-refractivity contribution in [1.29, 1.82) is 0 Å². The Kier molecular flexibility index (Phi) is 30.6. The van der Waals surface area contributed by atoms with Gasteiger partial charge in [0.25, 0.3) is 22.7 Å². The molecule has 0 saturated carbocycles. The standard InChI is InChI=1S/C25H24N2O3.C24H22N2O4.C24H22N2O3.C23H20N2O3.C20H15NO/c1-16(2)24(26)15-30-25-10-6-3-7-17(25)13-22-20-9-5-4-8-19(20)21-12-11-18(27(28)29)14-23(21)22;25-11-12-29-13-14-30-24-8-4-1-5-17(24)15-22-20-7-3-2-6-19(20)21-10-9-18(26(27)28)16-23(21)22;25-13-5-6-14-29-24-10-4-1-7-17(24)15-22-20-9-3-2-8-19(20)21-12-11-18(26(27)28)16-23(21)22;24-12-5-13-28-23-9-4-1-6-16(23)14-21-19-8-3-2-7-18(19)20-11-10-17(25(26)27)15-22(20)21;21-14-9-10-17-15-6-2-3-7-16(15)18(19(17)12-14)11-13-5-1-4-8-20(13)22/h3-14,16,24H,15,26H2,1-2H3;1-10,15-16H,11-14,25H2;1-4,7-12,15-16H,5-6,13-14,25H2;1-4,6-11,14-15H,5,12-13,24H2;1-12,22H,21H2/t24-;;;;/m1..../s1. The van der Waals surface area contributed by atoms with E-state index in [0.717, 1.165) is 198 Å². The largest absolute Gasteiger partial charge is 0.507 e. The molecule has 0 unspecified atom stereocenters. The average Bonchev–Trinajstić information content (AvgIpc) is 1.63. The number of nitrogen functional groups attached to an aromatic ring is 1. The third-order valence-corrected chi connectivity index (χ3v) is 24.5.